The summed E-state index contributed by atoms with van der Waals surface area (Å²) in [6.45, 7) is 6.46. The maximum atomic E-state index is 12.2. The Hall–Kier alpha value is -2.04. The summed E-state index contributed by atoms with van der Waals surface area (Å²) in [5, 5.41) is 5.41. The van der Waals surface area contributed by atoms with E-state index in [1.807, 2.05) is 44.2 Å². The summed E-state index contributed by atoms with van der Waals surface area (Å²) in [7, 11) is 0. The third kappa shape index (κ3) is 5.45. The minimum atomic E-state index is -0.674. The fourth-order valence-electron chi connectivity index (χ4n) is 2.12. The third-order valence-corrected chi connectivity index (χ3v) is 3.74. The van der Waals surface area contributed by atoms with Gasteiger partial charge in [-0.15, -0.1) is 0 Å². The molecule has 1 aromatic carbocycles. The van der Waals surface area contributed by atoms with Crippen molar-refractivity contribution in [3.05, 3.63) is 35.9 Å². The van der Waals surface area contributed by atoms with Gasteiger partial charge in [-0.2, -0.15) is 0 Å². The second-order valence-corrected chi connectivity index (χ2v) is 5.43. The van der Waals surface area contributed by atoms with Gasteiger partial charge >= 0.3 is 6.03 Å². The summed E-state index contributed by atoms with van der Waals surface area (Å²) >= 11 is 0. The van der Waals surface area contributed by atoms with Crippen molar-refractivity contribution < 1.29 is 9.59 Å². The highest BCUT2D eigenvalue weighted by molar-refractivity contribution is 5.86. The second-order valence-electron chi connectivity index (χ2n) is 5.43. The molecule has 0 aliphatic heterocycles. The number of hydrogen-bond donors (Lipinski definition) is 3. The van der Waals surface area contributed by atoms with Gasteiger partial charge in [0.1, 0.15) is 6.04 Å². The molecule has 4 N–H and O–H groups in total. The first-order chi connectivity index (χ1) is 9.95. The lowest BCUT2D eigenvalue weighted by Gasteiger charge is -2.23. The molecule has 21 heavy (non-hydrogen) atoms. The molecule has 5 heteroatoms. The molecule has 0 aromatic heterocycles. The predicted molar refractivity (Wildman–Crippen MR) is 83.8 cm³/mol. The average molecular weight is 291 g/mol. The first kappa shape index (κ1) is 17.0. The Bertz CT molecular complexity index is 462. The summed E-state index contributed by atoms with van der Waals surface area (Å²) in [5.41, 5.74) is 6.31. The van der Waals surface area contributed by atoms with Crippen LogP contribution in [0.2, 0.25) is 0 Å². The monoisotopic (exact) mass is 291 g/mol. The average Bonchev–Trinajstić information content (AvgIpc) is 2.49. The smallest absolute Gasteiger partial charge is 0.312 e. The normalized spacial score (nSPS) is 14.8. The molecule has 0 unspecified atom stereocenters. The molecule has 0 bridgehead atoms. The van der Waals surface area contributed by atoms with Crippen molar-refractivity contribution in [3.63, 3.8) is 0 Å². The molecular formula is C16H25N3O2. The first-order valence-corrected chi connectivity index (χ1v) is 7.34. The van der Waals surface area contributed by atoms with Crippen LogP contribution in [0, 0.1) is 5.92 Å². The molecule has 0 saturated carbocycles. The Kier molecular flexibility index (Phi) is 6.72. The number of primary amides is 1. The number of benzene rings is 1. The van der Waals surface area contributed by atoms with Crippen LogP contribution in [-0.4, -0.2) is 24.5 Å². The maximum Gasteiger partial charge on any atom is 0.312 e. The number of carbonyl (C=O) groups is 2. The van der Waals surface area contributed by atoms with Crippen LogP contribution >= 0.6 is 0 Å². The maximum absolute atomic E-state index is 12.2. The lowest BCUT2D eigenvalue weighted by molar-refractivity contribution is -0.124. The van der Waals surface area contributed by atoms with Crippen LogP contribution in [0.3, 0.4) is 0 Å². The van der Waals surface area contributed by atoms with E-state index >= 15 is 0 Å². The molecule has 0 fully saturated rings. The number of nitrogens with two attached hydrogens (primary N) is 1. The van der Waals surface area contributed by atoms with Gasteiger partial charge in [-0.25, -0.2) is 4.79 Å². The van der Waals surface area contributed by atoms with Crippen molar-refractivity contribution in [1.29, 1.82) is 0 Å². The third-order valence-electron chi connectivity index (χ3n) is 3.74. The fourth-order valence-corrected chi connectivity index (χ4v) is 2.12. The van der Waals surface area contributed by atoms with Gasteiger partial charge in [-0.1, -0.05) is 57.5 Å². The highest BCUT2D eigenvalue weighted by Gasteiger charge is 2.25. The van der Waals surface area contributed by atoms with E-state index in [9.17, 15) is 9.59 Å². The molecule has 0 heterocycles. The molecule has 3 atom stereocenters. The molecule has 1 aromatic rings. The van der Waals surface area contributed by atoms with Crippen LogP contribution in [0.4, 0.5) is 4.79 Å². The molecule has 0 radical (unpaired) electrons. The molecule has 5 nitrogen and oxygen atoms in total. The van der Waals surface area contributed by atoms with Crippen LogP contribution in [0.15, 0.2) is 30.3 Å². The molecule has 1 rings (SSSR count). The highest BCUT2D eigenvalue weighted by Crippen LogP contribution is 2.14. The highest BCUT2D eigenvalue weighted by atomic mass is 16.2. The quantitative estimate of drug-likeness (QED) is 0.717. The molecular weight excluding hydrogens is 266 g/mol. The Balaban J connectivity index is 2.59. The van der Waals surface area contributed by atoms with Gasteiger partial charge in [-0.3, -0.25) is 4.79 Å². The Morgan fingerprint density at radius 1 is 1.19 bits per heavy atom. The van der Waals surface area contributed by atoms with E-state index in [-0.39, 0.29) is 17.7 Å². The van der Waals surface area contributed by atoms with E-state index in [1.165, 1.54) is 5.56 Å². The molecule has 3 amide bonds. The number of nitrogens with one attached hydrogen (secondary N) is 2. The topological polar surface area (TPSA) is 84.2 Å². The molecule has 0 aliphatic rings. The van der Waals surface area contributed by atoms with Crippen LogP contribution in [0.1, 0.15) is 38.7 Å². The van der Waals surface area contributed by atoms with E-state index in [0.717, 1.165) is 6.42 Å². The van der Waals surface area contributed by atoms with E-state index in [4.69, 9.17) is 5.73 Å². The van der Waals surface area contributed by atoms with Crippen molar-refractivity contribution in [2.45, 2.75) is 39.2 Å². The summed E-state index contributed by atoms with van der Waals surface area (Å²) in [4.78, 5) is 23.3. The lowest BCUT2D eigenvalue weighted by atomic mass is 9.97. The van der Waals surface area contributed by atoms with E-state index in [2.05, 4.69) is 17.6 Å². The van der Waals surface area contributed by atoms with Crippen LogP contribution < -0.4 is 16.4 Å². The van der Waals surface area contributed by atoms with E-state index in [1.54, 1.807) is 0 Å². The summed E-state index contributed by atoms with van der Waals surface area (Å²) in [5.74, 6) is 0.0526. The number of rotatable bonds is 7. The molecule has 116 valence electrons. The molecule has 0 aliphatic carbocycles. The van der Waals surface area contributed by atoms with Gasteiger partial charge in [0.05, 0.1) is 0 Å². The lowest BCUT2D eigenvalue weighted by Crippen LogP contribution is -2.52. The number of hydrogen-bond acceptors (Lipinski definition) is 2. The standard InChI is InChI=1S/C16H25N3O2/c1-4-11(2)14(19-16(17)21)15(20)18-10-12(3)13-8-6-5-7-9-13/h5-9,11-12,14H,4,10H2,1-3H3,(H,18,20)(H3,17,19,21)/t11-,12-,14-/m0/s1. The van der Waals surface area contributed by atoms with E-state index in [0.29, 0.717) is 6.54 Å². The van der Waals surface area contributed by atoms with Gasteiger partial charge < -0.3 is 16.4 Å². The zero-order chi connectivity index (χ0) is 15.8. The SMILES string of the molecule is CC[C@H](C)[C@H](NC(N)=O)C(=O)NC[C@H](C)c1ccccc1. The summed E-state index contributed by atoms with van der Waals surface area (Å²) in [6, 6.07) is 8.72. The second kappa shape index (κ2) is 8.29. The van der Waals surface area contributed by atoms with Gasteiger partial charge in [0, 0.05) is 6.54 Å². The van der Waals surface area contributed by atoms with E-state index < -0.39 is 12.1 Å². The Morgan fingerprint density at radius 3 is 2.33 bits per heavy atom. The van der Waals surface area contributed by atoms with Gasteiger partial charge in [0.25, 0.3) is 0 Å². The van der Waals surface area contributed by atoms with Gasteiger partial charge in [0.15, 0.2) is 0 Å². The Morgan fingerprint density at radius 2 is 1.81 bits per heavy atom. The minimum absolute atomic E-state index is 0.0320. The van der Waals surface area contributed by atoms with Crippen molar-refractivity contribution >= 4 is 11.9 Å². The minimum Gasteiger partial charge on any atom is -0.354 e. The van der Waals surface area contributed by atoms with Crippen LogP contribution in [0.25, 0.3) is 0 Å². The molecule has 0 saturated heterocycles. The number of carbonyl (C=O) groups excluding carboxylic acids is 2. The number of amides is 3. The van der Waals surface area contributed by atoms with Crippen molar-refractivity contribution in [2.24, 2.45) is 11.7 Å². The first-order valence-electron chi connectivity index (χ1n) is 7.34. The zero-order valence-electron chi connectivity index (χ0n) is 12.9. The summed E-state index contributed by atoms with van der Waals surface area (Å²) < 4.78 is 0. The fraction of sp³-hybridized carbons (Fsp3) is 0.500. The largest absolute Gasteiger partial charge is 0.354 e. The van der Waals surface area contributed by atoms with Crippen molar-refractivity contribution in [1.82, 2.24) is 10.6 Å². The van der Waals surface area contributed by atoms with Crippen LogP contribution in [0.5, 0.6) is 0 Å². The summed E-state index contributed by atoms with van der Waals surface area (Å²) in [6.07, 6.45) is 0.784. The van der Waals surface area contributed by atoms with Crippen molar-refractivity contribution in [2.75, 3.05) is 6.54 Å². The predicted octanol–water partition coefficient (Wildman–Crippen LogP) is 1.99. The zero-order valence-corrected chi connectivity index (χ0v) is 12.9. The van der Waals surface area contributed by atoms with Gasteiger partial charge in [-0.05, 0) is 17.4 Å². The molecule has 0 spiro atoms. The Labute approximate surface area is 126 Å². The number of urea groups is 1. The van der Waals surface area contributed by atoms with Gasteiger partial charge in [0.2, 0.25) is 5.91 Å². The van der Waals surface area contributed by atoms with Crippen molar-refractivity contribution in [3.8, 4) is 0 Å². The van der Waals surface area contributed by atoms with Crippen LogP contribution in [-0.2, 0) is 4.79 Å².